The maximum atomic E-state index is 11.4. The molecule has 2 aliphatic heterocycles. The first-order chi connectivity index (χ1) is 13.7. The van der Waals surface area contributed by atoms with Gasteiger partial charge in [0.15, 0.2) is 6.17 Å². The van der Waals surface area contributed by atoms with Crippen molar-refractivity contribution in [3.63, 3.8) is 0 Å². The van der Waals surface area contributed by atoms with Gasteiger partial charge in [-0.3, -0.25) is 9.57 Å². The van der Waals surface area contributed by atoms with E-state index >= 15 is 0 Å². The van der Waals surface area contributed by atoms with Crippen LogP contribution in [0, 0.1) is 12.8 Å². The van der Waals surface area contributed by atoms with E-state index in [-0.39, 0.29) is 24.9 Å². The zero-order valence-electron chi connectivity index (χ0n) is 15.9. The van der Waals surface area contributed by atoms with Gasteiger partial charge in [-0.15, -0.1) is 0 Å². The number of fused-ring (bicyclic) bond motifs is 1. The van der Waals surface area contributed by atoms with Gasteiger partial charge < -0.3 is 25.2 Å². The Hall–Kier alpha value is -1.83. The Morgan fingerprint density at radius 1 is 1.28 bits per heavy atom. The summed E-state index contributed by atoms with van der Waals surface area (Å²) in [4.78, 5) is 26.9. The quantitative estimate of drug-likeness (QED) is 0.347. The minimum absolute atomic E-state index is 0.251. The van der Waals surface area contributed by atoms with Crippen molar-refractivity contribution in [3.05, 3.63) is 35.4 Å². The number of aryl methyl sites for hydroxylation is 1. The van der Waals surface area contributed by atoms with Crippen LogP contribution in [0.2, 0.25) is 0 Å². The molecule has 1 aromatic rings. The van der Waals surface area contributed by atoms with Crippen molar-refractivity contribution in [1.82, 2.24) is 5.01 Å². The van der Waals surface area contributed by atoms with Gasteiger partial charge in [-0.2, -0.15) is 5.10 Å². The molecule has 0 amide bonds. The van der Waals surface area contributed by atoms with Gasteiger partial charge in [0.2, 0.25) is 5.08 Å². The summed E-state index contributed by atoms with van der Waals surface area (Å²) in [6, 6.07) is 7.92. The molecule has 0 spiro atoms. The molecule has 1 aromatic carbocycles. The number of benzene rings is 1. The number of nitrogens with zero attached hydrogens (tertiary/aromatic N) is 4. The molecule has 4 atom stereocenters. The third-order valence-electron chi connectivity index (χ3n) is 5.10. The Morgan fingerprint density at radius 2 is 1.97 bits per heavy atom. The van der Waals surface area contributed by atoms with Crippen molar-refractivity contribution in [1.29, 1.82) is 0 Å². The van der Waals surface area contributed by atoms with E-state index in [1.165, 1.54) is 6.34 Å². The van der Waals surface area contributed by atoms with Gasteiger partial charge in [0.1, 0.15) is 26.6 Å². The van der Waals surface area contributed by atoms with E-state index in [4.69, 9.17) is 5.73 Å². The minimum Gasteiger partial charge on any atom is -0.386 e. The summed E-state index contributed by atoms with van der Waals surface area (Å²) >= 11 is 0. The lowest BCUT2D eigenvalue weighted by atomic mass is 9.93. The Bertz CT molecular complexity index is 913. The number of hydrogen-bond donors (Lipinski definition) is 4. The molecule has 29 heavy (non-hydrogen) atoms. The number of nitrogens with two attached hydrogens (primary N) is 1. The summed E-state index contributed by atoms with van der Waals surface area (Å²) in [7, 11) is -6.88. The lowest BCUT2D eigenvalue weighted by Crippen LogP contribution is -2.42. The van der Waals surface area contributed by atoms with Crippen LogP contribution >= 0.6 is 16.1 Å². The average molecular weight is 441 g/mol. The highest BCUT2D eigenvalue weighted by molar-refractivity contribution is 7.63. The van der Waals surface area contributed by atoms with Crippen LogP contribution in [-0.2, 0) is 9.13 Å². The number of amidine groups is 1. The Balaban J connectivity index is 1.71. The van der Waals surface area contributed by atoms with Gasteiger partial charge >= 0.3 is 7.60 Å². The molecule has 2 heterocycles. The maximum absolute atomic E-state index is 11.4. The van der Waals surface area contributed by atoms with E-state index < -0.39 is 21.1 Å². The molecule has 0 bridgehead atoms. The molecule has 0 saturated heterocycles. The molecule has 3 rings (SSSR count). The molecule has 0 aromatic heterocycles. The Morgan fingerprint density at radius 3 is 2.59 bits per heavy atom. The molecule has 0 aliphatic carbocycles. The summed E-state index contributed by atoms with van der Waals surface area (Å²) in [5.74, 6) is 0.151. The number of unbranched alkanes of at least 4 members (excludes halogenated alkanes) is 1. The van der Waals surface area contributed by atoms with Gasteiger partial charge in [-0.05, 0) is 31.7 Å². The van der Waals surface area contributed by atoms with Crippen LogP contribution in [0.5, 0.6) is 0 Å². The van der Waals surface area contributed by atoms with Gasteiger partial charge in [-0.25, -0.2) is 9.98 Å². The monoisotopic (exact) mass is 441 g/mol. The summed E-state index contributed by atoms with van der Waals surface area (Å²) < 4.78 is 22.5. The molecule has 10 nitrogen and oxygen atoms in total. The molecule has 0 fully saturated rings. The van der Waals surface area contributed by atoms with Crippen molar-refractivity contribution in [3.8, 4) is 0 Å². The molecule has 2 aliphatic rings. The van der Waals surface area contributed by atoms with E-state index in [2.05, 4.69) is 15.1 Å². The topological polar surface area (TPSA) is 161 Å². The third-order valence-corrected chi connectivity index (χ3v) is 8.33. The zero-order valence-corrected chi connectivity index (χ0v) is 18.0. The molecule has 0 radical (unpaired) electrons. The predicted octanol–water partition coefficient (Wildman–Crippen LogP) is 1.11. The SMILES string of the molecule is Cc1ccc(C2=NN(CCCCC(O)([PH2]=O)P(=O)(O)O)C3N=CN=C(N)C23)cc1. The first-order valence-corrected chi connectivity index (χ1v) is 11.8. The van der Waals surface area contributed by atoms with Crippen LogP contribution in [0.15, 0.2) is 39.4 Å². The van der Waals surface area contributed by atoms with Crippen LogP contribution in [0.4, 0.5) is 0 Å². The highest BCUT2D eigenvalue weighted by atomic mass is 31.2. The molecular formula is C17H25N5O5P2. The van der Waals surface area contributed by atoms with Gasteiger partial charge in [0.05, 0.1) is 5.71 Å². The fourth-order valence-electron chi connectivity index (χ4n) is 3.35. The fraction of sp³-hybridized carbons (Fsp3) is 0.471. The first-order valence-electron chi connectivity index (χ1n) is 9.17. The number of hydrogen-bond acceptors (Lipinski definition) is 8. The Labute approximate surface area is 169 Å². The zero-order chi connectivity index (χ0) is 21.2. The first kappa shape index (κ1) is 21.9. The van der Waals surface area contributed by atoms with Crippen molar-refractivity contribution in [2.75, 3.05) is 6.54 Å². The number of aliphatic imine (C=N–C) groups is 2. The van der Waals surface area contributed by atoms with Crippen LogP contribution < -0.4 is 5.73 Å². The summed E-state index contributed by atoms with van der Waals surface area (Å²) in [5, 5.41) is 14.0. The summed E-state index contributed by atoms with van der Waals surface area (Å²) in [6.07, 6.45) is 1.56. The van der Waals surface area contributed by atoms with E-state index in [0.717, 1.165) is 16.8 Å². The summed E-state index contributed by atoms with van der Waals surface area (Å²) in [6.45, 7) is 2.44. The lowest BCUT2D eigenvalue weighted by Gasteiger charge is -2.27. The molecule has 158 valence electrons. The van der Waals surface area contributed by atoms with Crippen LogP contribution in [0.3, 0.4) is 0 Å². The minimum atomic E-state index is -4.86. The largest absolute Gasteiger partial charge is 0.386 e. The molecule has 0 saturated carbocycles. The van der Waals surface area contributed by atoms with E-state index in [9.17, 15) is 24.0 Å². The van der Waals surface area contributed by atoms with E-state index in [0.29, 0.717) is 18.8 Å². The molecule has 12 heteroatoms. The second-order valence-corrected chi connectivity index (χ2v) is 10.8. The van der Waals surface area contributed by atoms with Crippen molar-refractivity contribution in [2.45, 2.75) is 37.4 Å². The second kappa shape index (κ2) is 8.50. The van der Waals surface area contributed by atoms with Gasteiger partial charge in [0, 0.05) is 6.54 Å². The van der Waals surface area contributed by atoms with Crippen LogP contribution in [0.25, 0.3) is 0 Å². The van der Waals surface area contributed by atoms with E-state index in [1.807, 2.05) is 31.2 Å². The van der Waals surface area contributed by atoms with Crippen molar-refractivity contribution < 1.29 is 24.0 Å². The molecule has 5 N–H and O–H groups in total. The van der Waals surface area contributed by atoms with Gasteiger partial charge in [-0.1, -0.05) is 29.8 Å². The van der Waals surface area contributed by atoms with Crippen LogP contribution in [0.1, 0.15) is 30.4 Å². The number of aliphatic hydroxyl groups is 1. The maximum Gasteiger partial charge on any atom is 0.363 e. The van der Waals surface area contributed by atoms with E-state index in [1.54, 1.807) is 5.01 Å². The highest BCUT2D eigenvalue weighted by Crippen LogP contribution is 2.57. The van der Waals surface area contributed by atoms with Crippen LogP contribution in [-0.4, -0.2) is 55.6 Å². The standard InChI is InChI=1S/C17H25N5O5P2/c1-11-4-6-12(7-5-11)14-13-15(18)19-10-20-16(13)22(21-14)9-3-2-8-17(23,28-24)29(25,26)27/h4-7,10,13,16,23H,2-3,8-9,28H2,1H3,(H2,18,19,20)(H2,25,26,27). The lowest BCUT2D eigenvalue weighted by molar-refractivity contribution is 0.151. The average Bonchev–Trinajstić information content (AvgIpc) is 3.05. The number of rotatable bonds is 8. The molecular weight excluding hydrogens is 416 g/mol. The normalized spacial score (nSPS) is 23.8. The predicted molar refractivity (Wildman–Crippen MR) is 113 cm³/mol. The number of hydrazone groups is 1. The highest BCUT2D eigenvalue weighted by Gasteiger charge is 2.44. The van der Waals surface area contributed by atoms with Gasteiger partial charge in [0.25, 0.3) is 0 Å². The van der Waals surface area contributed by atoms with Crippen molar-refractivity contribution in [2.24, 2.45) is 26.7 Å². The summed E-state index contributed by atoms with van der Waals surface area (Å²) in [5.41, 5.74) is 8.94. The second-order valence-electron chi connectivity index (χ2n) is 7.22. The third kappa shape index (κ3) is 4.52. The van der Waals surface area contributed by atoms with Crippen molar-refractivity contribution >= 4 is 33.9 Å². The Kier molecular flexibility index (Phi) is 6.41. The fourth-order valence-corrected chi connectivity index (χ4v) is 4.67. The smallest absolute Gasteiger partial charge is 0.363 e. The molecule has 4 unspecified atom stereocenters.